The zero-order valence-corrected chi connectivity index (χ0v) is 10.3. The summed E-state index contributed by atoms with van der Waals surface area (Å²) in [6.45, 7) is 9.17. The second kappa shape index (κ2) is 5.50. The maximum atomic E-state index is 11.9. The van der Waals surface area contributed by atoms with E-state index in [1.807, 2.05) is 18.7 Å². The molecule has 0 aromatic carbocycles. The van der Waals surface area contributed by atoms with Gasteiger partial charge in [0.25, 0.3) is 0 Å². The lowest BCUT2D eigenvalue weighted by molar-refractivity contribution is -0.139. The van der Waals surface area contributed by atoms with Crippen molar-refractivity contribution < 1.29 is 9.53 Å². The minimum Gasteiger partial charge on any atom is -0.369 e. The zero-order valence-electron chi connectivity index (χ0n) is 10.3. The highest BCUT2D eigenvalue weighted by Gasteiger charge is 2.28. The summed E-state index contributed by atoms with van der Waals surface area (Å²) < 4.78 is 5.35. The molecule has 1 aliphatic rings. The van der Waals surface area contributed by atoms with Crippen molar-refractivity contribution in [3.8, 4) is 0 Å². The Morgan fingerprint density at radius 2 is 1.93 bits per heavy atom. The fourth-order valence-electron chi connectivity index (χ4n) is 1.50. The van der Waals surface area contributed by atoms with Gasteiger partial charge in [-0.25, -0.2) is 0 Å². The van der Waals surface area contributed by atoms with E-state index in [0.717, 1.165) is 12.5 Å². The minimum absolute atomic E-state index is 0.129. The Morgan fingerprint density at radius 1 is 1.33 bits per heavy atom. The molecule has 0 heterocycles. The summed E-state index contributed by atoms with van der Waals surface area (Å²) in [7, 11) is 0. The molecule has 3 nitrogen and oxygen atoms in total. The Labute approximate surface area is 92.8 Å². The lowest BCUT2D eigenvalue weighted by atomic mass is 10.2. The quantitative estimate of drug-likeness (QED) is 0.676. The van der Waals surface area contributed by atoms with Crippen LogP contribution in [0, 0.1) is 5.92 Å². The van der Waals surface area contributed by atoms with E-state index in [2.05, 4.69) is 13.8 Å². The lowest BCUT2D eigenvalue weighted by Gasteiger charge is -2.27. The van der Waals surface area contributed by atoms with E-state index in [-0.39, 0.29) is 24.7 Å². The Hall–Kier alpha value is -0.570. The number of hydrogen-bond acceptors (Lipinski definition) is 2. The van der Waals surface area contributed by atoms with Gasteiger partial charge in [-0.05, 0) is 46.5 Å². The van der Waals surface area contributed by atoms with Crippen LogP contribution in [-0.2, 0) is 9.53 Å². The second-order valence-corrected chi connectivity index (χ2v) is 4.94. The first-order valence-electron chi connectivity index (χ1n) is 5.91. The molecule has 0 aromatic heterocycles. The van der Waals surface area contributed by atoms with Crippen molar-refractivity contribution in [2.75, 3.05) is 13.2 Å². The molecule has 0 spiro atoms. The summed E-state index contributed by atoms with van der Waals surface area (Å²) >= 11 is 0. The van der Waals surface area contributed by atoms with E-state index in [4.69, 9.17) is 4.74 Å². The molecule has 0 atom stereocenters. The molecule has 1 saturated carbocycles. The van der Waals surface area contributed by atoms with Gasteiger partial charge in [0.15, 0.2) is 0 Å². The Bertz CT molecular complexity index is 210. The van der Waals surface area contributed by atoms with Gasteiger partial charge in [-0.3, -0.25) is 4.79 Å². The van der Waals surface area contributed by atoms with Gasteiger partial charge in [-0.2, -0.15) is 0 Å². The predicted octanol–water partition coefficient (Wildman–Crippen LogP) is 2.06. The lowest BCUT2D eigenvalue weighted by Crippen LogP contribution is -2.41. The number of hydrogen-bond donors (Lipinski definition) is 0. The normalized spacial score (nSPS) is 16.1. The van der Waals surface area contributed by atoms with Crippen LogP contribution < -0.4 is 0 Å². The molecule has 1 amide bonds. The average Bonchev–Trinajstić information content (AvgIpc) is 2.93. The van der Waals surface area contributed by atoms with Crippen molar-refractivity contribution in [2.24, 2.45) is 5.92 Å². The minimum atomic E-state index is 0.129. The number of nitrogens with zero attached hydrogens (tertiary/aromatic N) is 1. The number of rotatable bonds is 6. The van der Waals surface area contributed by atoms with Crippen LogP contribution in [0.15, 0.2) is 0 Å². The van der Waals surface area contributed by atoms with Gasteiger partial charge < -0.3 is 9.64 Å². The Balaban J connectivity index is 2.35. The summed E-state index contributed by atoms with van der Waals surface area (Å²) in [6.07, 6.45) is 2.69. The predicted molar refractivity (Wildman–Crippen MR) is 60.7 cm³/mol. The van der Waals surface area contributed by atoms with Gasteiger partial charge in [0, 0.05) is 12.6 Å². The molecule has 1 rings (SSSR count). The van der Waals surface area contributed by atoms with Crippen LogP contribution in [-0.4, -0.2) is 36.1 Å². The maximum absolute atomic E-state index is 11.9. The van der Waals surface area contributed by atoms with Crippen molar-refractivity contribution in [1.82, 2.24) is 4.90 Å². The molecular formula is C12H23NO2. The molecule has 1 aliphatic carbocycles. The summed E-state index contributed by atoms with van der Waals surface area (Å²) in [6, 6.07) is 0.286. The van der Waals surface area contributed by atoms with E-state index in [1.165, 1.54) is 12.8 Å². The fourth-order valence-corrected chi connectivity index (χ4v) is 1.50. The van der Waals surface area contributed by atoms with Gasteiger partial charge >= 0.3 is 0 Å². The monoisotopic (exact) mass is 213 g/mol. The first-order chi connectivity index (χ1) is 7.00. The van der Waals surface area contributed by atoms with Gasteiger partial charge in [0.2, 0.25) is 5.91 Å². The van der Waals surface area contributed by atoms with Gasteiger partial charge in [-0.1, -0.05) is 0 Å². The molecule has 0 radical (unpaired) electrons. The third-order valence-electron chi connectivity index (χ3n) is 2.64. The summed E-state index contributed by atoms with van der Waals surface area (Å²) in [5.74, 6) is 0.876. The highest BCUT2D eigenvalue weighted by Crippen LogP contribution is 2.30. The highest BCUT2D eigenvalue weighted by molar-refractivity contribution is 5.77. The van der Waals surface area contributed by atoms with Crippen molar-refractivity contribution in [1.29, 1.82) is 0 Å². The van der Waals surface area contributed by atoms with Gasteiger partial charge in [-0.15, -0.1) is 0 Å². The molecule has 0 aliphatic heterocycles. The molecular weight excluding hydrogens is 190 g/mol. The molecule has 0 bridgehead atoms. The molecule has 0 aromatic rings. The number of amides is 1. The molecule has 3 heteroatoms. The number of ether oxygens (including phenoxy) is 1. The molecule has 15 heavy (non-hydrogen) atoms. The van der Waals surface area contributed by atoms with Crippen LogP contribution in [0.5, 0.6) is 0 Å². The van der Waals surface area contributed by atoms with Crippen molar-refractivity contribution >= 4 is 5.91 Å². The third-order valence-corrected chi connectivity index (χ3v) is 2.64. The smallest absolute Gasteiger partial charge is 0.248 e. The first-order valence-corrected chi connectivity index (χ1v) is 5.91. The first kappa shape index (κ1) is 12.5. The molecule has 0 N–H and O–H groups in total. The van der Waals surface area contributed by atoms with Crippen LogP contribution in [0.3, 0.4) is 0 Å². The van der Waals surface area contributed by atoms with Crippen molar-refractivity contribution in [3.05, 3.63) is 0 Å². The van der Waals surface area contributed by atoms with E-state index < -0.39 is 0 Å². The summed E-state index contributed by atoms with van der Waals surface area (Å²) in [4.78, 5) is 13.8. The van der Waals surface area contributed by atoms with Crippen LogP contribution in [0.25, 0.3) is 0 Å². The van der Waals surface area contributed by atoms with Crippen molar-refractivity contribution in [2.45, 2.75) is 52.7 Å². The number of carbonyl (C=O) groups is 1. The topological polar surface area (TPSA) is 29.5 Å². The molecule has 0 saturated heterocycles. The van der Waals surface area contributed by atoms with Crippen LogP contribution in [0.2, 0.25) is 0 Å². The summed E-state index contributed by atoms with van der Waals surface area (Å²) in [5.41, 5.74) is 0. The SMILES string of the molecule is CC(C)OCC(=O)N(CC1CC1)C(C)C. The largest absolute Gasteiger partial charge is 0.369 e. The number of carbonyl (C=O) groups excluding carboxylic acids is 1. The van der Waals surface area contributed by atoms with Crippen molar-refractivity contribution in [3.63, 3.8) is 0 Å². The van der Waals surface area contributed by atoms with Crippen LogP contribution in [0.4, 0.5) is 0 Å². The van der Waals surface area contributed by atoms with E-state index in [0.29, 0.717) is 0 Å². The Kier molecular flexibility index (Phi) is 4.58. The van der Waals surface area contributed by atoms with E-state index in [1.54, 1.807) is 0 Å². The molecule has 1 fully saturated rings. The average molecular weight is 213 g/mol. The second-order valence-electron chi connectivity index (χ2n) is 4.94. The van der Waals surface area contributed by atoms with E-state index in [9.17, 15) is 4.79 Å². The third kappa shape index (κ3) is 4.65. The molecule has 0 unspecified atom stereocenters. The molecule has 88 valence electrons. The fraction of sp³-hybridized carbons (Fsp3) is 0.917. The van der Waals surface area contributed by atoms with E-state index >= 15 is 0 Å². The van der Waals surface area contributed by atoms with Gasteiger partial charge in [0.1, 0.15) is 6.61 Å². The van der Waals surface area contributed by atoms with Crippen LogP contribution in [0.1, 0.15) is 40.5 Å². The highest BCUT2D eigenvalue weighted by atomic mass is 16.5. The zero-order chi connectivity index (χ0) is 11.4. The van der Waals surface area contributed by atoms with Gasteiger partial charge in [0.05, 0.1) is 6.10 Å². The van der Waals surface area contributed by atoms with Crippen LogP contribution >= 0.6 is 0 Å². The standard InChI is InChI=1S/C12H23NO2/c1-9(2)13(7-11-5-6-11)12(14)8-15-10(3)4/h9-11H,5-8H2,1-4H3. The summed E-state index contributed by atoms with van der Waals surface area (Å²) in [5, 5.41) is 0. The Morgan fingerprint density at radius 3 is 2.33 bits per heavy atom. The maximum Gasteiger partial charge on any atom is 0.248 e.